The molecule has 0 fully saturated rings. The standard InChI is InChI=1S/C13H11ClN2O2/c14-8-4-6-9(7-5-8)18-12-10(13(16)17)2-1-3-11(12)15/h1-7H,15H2,(H2,16,17). The molecule has 5 heteroatoms. The molecule has 0 aliphatic heterocycles. The SMILES string of the molecule is NC(=O)c1cccc(N)c1Oc1ccc(Cl)cc1. The molecule has 0 heterocycles. The molecule has 0 spiro atoms. The van der Waals surface area contributed by atoms with Crippen LogP contribution in [0.5, 0.6) is 11.5 Å². The van der Waals surface area contributed by atoms with Crippen LogP contribution in [0.2, 0.25) is 5.02 Å². The molecule has 92 valence electrons. The van der Waals surface area contributed by atoms with E-state index < -0.39 is 5.91 Å². The molecule has 0 aromatic heterocycles. The van der Waals surface area contributed by atoms with Gasteiger partial charge < -0.3 is 16.2 Å². The zero-order valence-corrected chi connectivity index (χ0v) is 10.1. The minimum absolute atomic E-state index is 0.241. The Hall–Kier alpha value is -2.20. The van der Waals surface area contributed by atoms with E-state index in [-0.39, 0.29) is 11.3 Å². The van der Waals surface area contributed by atoms with Gasteiger partial charge in [-0.1, -0.05) is 17.7 Å². The summed E-state index contributed by atoms with van der Waals surface area (Å²) in [4.78, 5) is 11.3. The summed E-state index contributed by atoms with van der Waals surface area (Å²) in [5, 5.41) is 0.596. The van der Waals surface area contributed by atoms with Crippen molar-refractivity contribution < 1.29 is 9.53 Å². The lowest BCUT2D eigenvalue weighted by molar-refractivity contribution is 0.0998. The van der Waals surface area contributed by atoms with Gasteiger partial charge in [0.25, 0.3) is 5.91 Å². The van der Waals surface area contributed by atoms with Gasteiger partial charge in [-0.3, -0.25) is 4.79 Å². The number of ether oxygens (including phenoxy) is 1. The number of hydrogen-bond donors (Lipinski definition) is 2. The van der Waals surface area contributed by atoms with E-state index in [2.05, 4.69) is 0 Å². The molecule has 4 N–H and O–H groups in total. The highest BCUT2D eigenvalue weighted by molar-refractivity contribution is 6.30. The molecule has 1 amide bonds. The van der Waals surface area contributed by atoms with Crippen molar-refractivity contribution in [3.05, 3.63) is 53.1 Å². The van der Waals surface area contributed by atoms with Crippen LogP contribution >= 0.6 is 11.6 Å². The van der Waals surface area contributed by atoms with Gasteiger partial charge in [0.1, 0.15) is 5.75 Å². The van der Waals surface area contributed by atoms with Crippen molar-refractivity contribution in [3.63, 3.8) is 0 Å². The van der Waals surface area contributed by atoms with Gasteiger partial charge >= 0.3 is 0 Å². The summed E-state index contributed by atoms with van der Waals surface area (Å²) >= 11 is 5.77. The molecule has 0 unspecified atom stereocenters. The molecule has 4 nitrogen and oxygen atoms in total. The fourth-order valence-electron chi connectivity index (χ4n) is 1.48. The average molecular weight is 263 g/mol. The Morgan fingerprint density at radius 3 is 2.39 bits per heavy atom. The lowest BCUT2D eigenvalue weighted by Crippen LogP contribution is -2.13. The third-order valence-corrected chi connectivity index (χ3v) is 2.60. The molecule has 0 saturated carbocycles. The Labute approximate surface area is 109 Å². The molecule has 0 radical (unpaired) electrons. The lowest BCUT2D eigenvalue weighted by atomic mass is 10.1. The molecule has 0 saturated heterocycles. The van der Waals surface area contributed by atoms with Crippen LogP contribution in [0.3, 0.4) is 0 Å². The summed E-state index contributed by atoms with van der Waals surface area (Å²) < 4.78 is 5.57. The molecule has 0 aliphatic rings. The number of anilines is 1. The predicted octanol–water partition coefficient (Wildman–Crippen LogP) is 2.81. The Morgan fingerprint density at radius 2 is 1.78 bits per heavy atom. The Bertz CT molecular complexity index is 582. The Balaban J connectivity index is 2.39. The van der Waals surface area contributed by atoms with Crippen molar-refractivity contribution in [2.75, 3.05) is 5.73 Å². The van der Waals surface area contributed by atoms with E-state index in [1.54, 1.807) is 42.5 Å². The van der Waals surface area contributed by atoms with Crippen LogP contribution < -0.4 is 16.2 Å². The van der Waals surface area contributed by atoms with E-state index in [0.29, 0.717) is 16.5 Å². The fourth-order valence-corrected chi connectivity index (χ4v) is 1.61. The lowest BCUT2D eigenvalue weighted by Gasteiger charge is -2.11. The van der Waals surface area contributed by atoms with Crippen LogP contribution in [0.25, 0.3) is 0 Å². The van der Waals surface area contributed by atoms with Crippen molar-refractivity contribution in [1.82, 2.24) is 0 Å². The largest absolute Gasteiger partial charge is 0.454 e. The zero-order valence-electron chi connectivity index (χ0n) is 9.39. The van der Waals surface area contributed by atoms with Crippen LogP contribution in [0.4, 0.5) is 5.69 Å². The second-order valence-corrected chi connectivity index (χ2v) is 4.08. The summed E-state index contributed by atoms with van der Waals surface area (Å²) in [7, 11) is 0. The number of nitrogen functional groups attached to an aromatic ring is 1. The van der Waals surface area contributed by atoms with E-state index in [9.17, 15) is 4.79 Å². The summed E-state index contributed by atoms with van der Waals surface area (Å²) in [6.07, 6.45) is 0. The average Bonchev–Trinajstić information content (AvgIpc) is 2.34. The van der Waals surface area contributed by atoms with Gasteiger partial charge in [0.2, 0.25) is 0 Å². The van der Waals surface area contributed by atoms with Crippen LogP contribution in [0.1, 0.15) is 10.4 Å². The van der Waals surface area contributed by atoms with E-state index in [1.165, 1.54) is 0 Å². The number of amides is 1. The zero-order chi connectivity index (χ0) is 13.1. The maximum Gasteiger partial charge on any atom is 0.252 e. The third kappa shape index (κ3) is 2.55. The number of nitrogens with two attached hydrogens (primary N) is 2. The second kappa shape index (κ2) is 4.98. The molecular formula is C13H11ClN2O2. The van der Waals surface area contributed by atoms with Crippen LogP contribution in [-0.2, 0) is 0 Å². The van der Waals surface area contributed by atoms with E-state index in [0.717, 1.165) is 0 Å². The molecule has 0 bridgehead atoms. The van der Waals surface area contributed by atoms with Crippen molar-refractivity contribution in [1.29, 1.82) is 0 Å². The maximum absolute atomic E-state index is 11.3. The molecule has 0 atom stereocenters. The Morgan fingerprint density at radius 1 is 1.11 bits per heavy atom. The molecule has 2 aromatic carbocycles. The number of hydrogen-bond acceptors (Lipinski definition) is 3. The van der Waals surface area contributed by atoms with E-state index in [4.69, 9.17) is 27.8 Å². The maximum atomic E-state index is 11.3. The molecule has 0 aliphatic carbocycles. The van der Waals surface area contributed by atoms with Gasteiger partial charge in [-0.15, -0.1) is 0 Å². The van der Waals surface area contributed by atoms with Gasteiger partial charge in [0.05, 0.1) is 11.3 Å². The van der Waals surface area contributed by atoms with Crippen molar-refractivity contribution in [2.45, 2.75) is 0 Å². The van der Waals surface area contributed by atoms with Gasteiger partial charge in [0, 0.05) is 5.02 Å². The highest BCUT2D eigenvalue weighted by Gasteiger charge is 2.13. The van der Waals surface area contributed by atoms with Crippen LogP contribution in [0.15, 0.2) is 42.5 Å². The molecule has 2 rings (SSSR count). The predicted molar refractivity (Wildman–Crippen MR) is 70.9 cm³/mol. The van der Waals surface area contributed by atoms with Crippen molar-refractivity contribution in [3.8, 4) is 11.5 Å². The summed E-state index contributed by atoms with van der Waals surface area (Å²) in [6.45, 7) is 0. The molecular weight excluding hydrogens is 252 g/mol. The number of para-hydroxylation sites is 1. The summed E-state index contributed by atoms with van der Waals surface area (Å²) in [6, 6.07) is 11.6. The molecule has 18 heavy (non-hydrogen) atoms. The fraction of sp³-hybridized carbons (Fsp3) is 0. The number of rotatable bonds is 3. The highest BCUT2D eigenvalue weighted by Crippen LogP contribution is 2.31. The van der Waals surface area contributed by atoms with Crippen molar-refractivity contribution in [2.24, 2.45) is 5.73 Å². The topological polar surface area (TPSA) is 78.3 Å². The third-order valence-electron chi connectivity index (χ3n) is 2.34. The first kappa shape index (κ1) is 12.3. The van der Waals surface area contributed by atoms with Gasteiger partial charge in [-0.05, 0) is 36.4 Å². The first-order valence-electron chi connectivity index (χ1n) is 5.19. The summed E-state index contributed by atoms with van der Waals surface area (Å²) in [5.41, 5.74) is 11.6. The van der Waals surface area contributed by atoms with E-state index >= 15 is 0 Å². The van der Waals surface area contributed by atoms with Crippen LogP contribution in [0, 0.1) is 0 Å². The highest BCUT2D eigenvalue weighted by atomic mass is 35.5. The first-order chi connectivity index (χ1) is 8.58. The first-order valence-corrected chi connectivity index (χ1v) is 5.57. The number of primary amides is 1. The quantitative estimate of drug-likeness (QED) is 0.835. The number of halogens is 1. The monoisotopic (exact) mass is 262 g/mol. The summed E-state index contributed by atoms with van der Waals surface area (Å²) in [5.74, 6) is 0.193. The minimum Gasteiger partial charge on any atom is -0.454 e. The number of carbonyl (C=O) groups excluding carboxylic acids is 1. The van der Waals surface area contributed by atoms with Gasteiger partial charge in [-0.2, -0.15) is 0 Å². The van der Waals surface area contributed by atoms with E-state index in [1.807, 2.05) is 0 Å². The second-order valence-electron chi connectivity index (χ2n) is 3.64. The van der Waals surface area contributed by atoms with Crippen molar-refractivity contribution >= 4 is 23.2 Å². The molecule has 2 aromatic rings. The number of carbonyl (C=O) groups is 1. The normalized spacial score (nSPS) is 10.1. The smallest absolute Gasteiger partial charge is 0.252 e. The van der Waals surface area contributed by atoms with Gasteiger partial charge in [0.15, 0.2) is 5.75 Å². The minimum atomic E-state index is -0.591. The van der Waals surface area contributed by atoms with Crippen LogP contribution in [-0.4, -0.2) is 5.91 Å². The van der Waals surface area contributed by atoms with Gasteiger partial charge in [-0.25, -0.2) is 0 Å². The Kier molecular flexibility index (Phi) is 3.39. The number of benzene rings is 2.